The second-order valence-electron chi connectivity index (χ2n) is 33.9. The van der Waals surface area contributed by atoms with Crippen LogP contribution in [0, 0.1) is 100 Å². The molecule has 0 unspecified atom stereocenters. The summed E-state index contributed by atoms with van der Waals surface area (Å²) < 4.78 is 180. The molecule has 10 aromatic carbocycles. The predicted octanol–water partition coefficient (Wildman–Crippen LogP) is 18.9. The number of amides is 1. The van der Waals surface area contributed by atoms with Gasteiger partial charge in [0.1, 0.15) is 0 Å². The molecule has 2 aliphatic rings. The normalized spacial score (nSPS) is 13.3. The first-order valence-corrected chi connectivity index (χ1v) is 56.8. The number of sulfonamides is 6. The van der Waals surface area contributed by atoms with E-state index < -0.39 is 84.0 Å². The Hall–Kier alpha value is -11.0. The van der Waals surface area contributed by atoms with Gasteiger partial charge >= 0.3 is 0 Å². The van der Waals surface area contributed by atoms with E-state index in [9.17, 15) is 98.9 Å². The highest BCUT2D eigenvalue weighted by molar-refractivity contribution is 9.09. The fourth-order valence-corrected chi connectivity index (χ4v) is 22.0. The maximum absolute atomic E-state index is 13.5. The standard InChI is InChI=1S/C24H33N3O5S2.C17H20N2O4S.C17H22N2O2S.C13H12N2O4S.C7H12ClNO3S.C7H9N.C6H4ClNO4S.C4H9Br/c1-18(2)17-27(23-8-6-5-7-19(23)3)34(31,32)22-11-9-21(10-12-22)25-24(28)20-13-15-26(16-14-20)33(4,29)30;1-13(2)12-18(17-7-5-4-6-14(17)3)24(22,23)16-10-8-15(9-11-16)19(20)21;1-13(2)12-19(17-7-5-4-6-14(17)3)22(20,21)16-10-8-15(18)9-11-16;1-10-4-2-3-5-13(10)14-20(18,19)12-8-6-11(7-9-12)15(16)17;1-13(11,12)9-4-2-6(3-5-9)7(8)10;1-6-4-2-3-5-7(6)8;7-13(11,12)6-3-1-5(2-4-6)8(9)10;1-4(2)3-5/h5-12,18,20H,13-17H2,1-4H3,(H,25,28);4-11,13H,12H2,1-3H3;4-11,13H,12,18H2,1-3H3;2-9,14H,1H3;6H,2-5H2,1H3;2-5H,8H2,1H3;1-4H;4H,3H2,1-2H3. The fourth-order valence-electron chi connectivity index (χ4n) is 13.0. The van der Waals surface area contributed by atoms with Crippen LogP contribution < -0.4 is 34.4 Å². The number of benzene rings is 10. The van der Waals surface area contributed by atoms with Gasteiger partial charge in [0.2, 0.25) is 31.2 Å². The number of hydrogen-bond donors (Lipinski definition) is 4. The molecule has 12 rings (SSSR count). The van der Waals surface area contributed by atoms with E-state index in [1.165, 1.54) is 82.6 Å². The van der Waals surface area contributed by atoms with Crippen molar-refractivity contribution in [2.24, 2.45) is 35.5 Å². The highest BCUT2D eigenvalue weighted by Crippen LogP contribution is 2.34. The molecule has 10 aromatic rings. The van der Waals surface area contributed by atoms with Gasteiger partial charge in [0.15, 0.2) is 0 Å². The predicted molar refractivity (Wildman–Crippen MR) is 555 cm³/mol. The topological polar surface area (TPSA) is 495 Å². The Balaban J connectivity index is 0.000000293. The number of rotatable bonds is 28. The summed E-state index contributed by atoms with van der Waals surface area (Å²) >= 11 is 8.63. The van der Waals surface area contributed by atoms with Crippen LogP contribution in [0.5, 0.6) is 0 Å². The average Bonchev–Trinajstić information content (AvgIpc) is 0.781. The van der Waals surface area contributed by atoms with Crippen LogP contribution >= 0.6 is 38.2 Å². The van der Waals surface area contributed by atoms with Crippen molar-refractivity contribution in [1.82, 2.24) is 8.61 Å². The first-order chi connectivity index (χ1) is 64.7. The van der Waals surface area contributed by atoms with Gasteiger partial charge in [-0.2, -0.15) is 0 Å². The average molecular weight is 2160 g/mol. The molecular weight excluding hydrogens is 2040 g/mol. The van der Waals surface area contributed by atoms with Gasteiger partial charge in [0.25, 0.3) is 66.2 Å². The second kappa shape index (κ2) is 54.1. The minimum atomic E-state index is -3.80. The Labute approximate surface area is 835 Å². The summed E-state index contributed by atoms with van der Waals surface area (Å²) in [5.74, 6) is 0.617. The summed E-state index contributed by atoms with van der Waals surface area (Å²) in [4.78, 5) is 53.4. The first-order valence-electron chi connectivity index (χ1n) is 43.5. The molecular formula is C95H121BrCl2N12O22S7. The number of non-ortho nitro benzene ring substituents is 3. The third kappa shape index (κ3) is 37.8. The monoisotopic (exact) mass is 2150 g/mol. The number of nitro groups is 3. The van der Waals surface area contributed by atoms with Crippen LogP contribution in [0.3, 0.4) is 0 Å². The molecule has 2 aliphatic heterocycles. The molecule has 139 heavy (non-hydrogen) atoms. The zero-order valence-corrected chi connectivity index (χ0v) is 88.6. The lowest BCUT2D eigenvalue weighted by Crippen LogP contribution is -2.40. The quantitative estimate of drug-likeness (QED) is 0.0116. The smallest absolute Gasteiger partial charge is 0.269 e. The molecule has 0 atom stereocenters. The van der Waals surface area contributed by atoms with Gasteiger partial charge in [-0.05, 0) is 239 Å². The number of anilines is 7. The van der Waals surface area contributed by atoms with E-state index in [2.05, 4.69) is 39.8 Å². The second-order valence-corrected chi connectivity index (χ2v) is 48.7. The molecule has 0 saturated carbocycles. The van der Waals surface area contributed by atoms with E-state index in [0.29, 0.717) is 106 Å². The molecule has 44 heteroatoms. The molecule has 0 bridgehead atoms. The van der Waals surface area contributed by atoms with Crippen molar-refractivity contribution in [3.05, 3.63) is 301 Å². The van der Waals surface area contributed by atoms with Crippen LogP contribution in [0.15, 0.2) is 267 Å². The number of nitrogen functional groups attached to an aromatic ring is 2. The number of nitrogens with one attached hydrogen (secondary N) is 2. The summed E-state index contributed by atoms with van der Waals surface area (Å²) in [6, 6.07) is 63.5. The Morgan fingerprint density at radius 3 is 0.957 bits per heavy atom. The minimum Gasteiger partial charge on any atom is -0.399 e. The van der Waals surface area contributed by atoms with E-state index in [-0.39, 0.29) is 82.3 Å². The van der Waals surface area contributed by atoms with Crippen LogP contribution in [0.2, 0.25) is 0 Å². The summed E-state index contributed by atoms with van der Waals surface area (Å²) in [6.07, 6.45) is 4.32. The number of carbonyl (C=O) groups excluding carboxylic acids is 2. The van der Waals surface area contributed by atoms with E-state index in [4.69, 9.17) is 33.8 Å². The third-order valence-corrected chi connectivity index (χ3v) is 33.0. The molecule has 6 N–H and O–H groups in total. The van der Waals surface area contributed by atoms with Crippen LogP contribution in [0.4, 0.5) is 56.9 Å². The van der Waals surface area contributed by atoms with Gasteiger partial charge in [0.05, 0.1) is 74.5 Å². The van der Waals surface area contributed by atoms with Crippen molar-refractivity contribution in [2.45, 2.75) is 140 Å². The molecule has 0 radical (unpaired) electrons. The summed E-state index contributed by atoms with van der Waals surface area (Å²) in [5.41, 5.74) is 19.7. The van der Waals surface area contributed by atoms with Crippen molar-refractivity contribution in [3.8, 4) is 0 Å². The van der Waals surface area contributed by atoms with E-state index in [0.717, 1.165) is 81.2 Å². The number of hydrogen-bond acceptors (Lipinski definition) is 24. The van der Waals surface area contributed by atoms with E-state index >= 15 is 0 Å². The number of piperidine rings is 2. The number of aryl methyl sites for hydroxylation is 5. The number of nitrogens with zero attached hydrogens (tertiary/aromatic N) is 8. The number of carbonyl (C=O) groups is 2. The zero-order chi connectivity index (χ0) is 104. The molecule has 2 saturated heterocycles. The third-order valence-electron chi connectivity index (χ3n) is 20.7. The molecule has 2 heterocycles. The van der Waals surface area contributed by atoms with Crippen LogP contribution in [-0.2, 0) is 78.8 Å². The zero-order valence-electron chi connectivity index (χ0n) is 79.7. The SMILES string of the molecule is CC(C)CBr.CS(=O)(=O)N1CCC(C(=O)Cl)CC1.Cc1ccccc1N.Cc1ccccc1N(CC(C)C)S(=O)(=O)c1ccc(N)cc1.Cc1ccccc1N(CC(C)C)S(=O)(=O)c1ccc(NC(=O)C2CCN(S(C)(=O)=O)CC2)cc1.Cc1ccccc1N(CC(C)C)S(=O)(=O)c1ccc([N+](=O)[O-])cc1.Cc1ccccc1NS(=O)(=O)c1ccc([N+](=O)[O-])cc1.O=[N+]([O-])c1ccc(S(=O)(=O)Cl)cc1. The molecule has 1 amide bonds. The highest BCUT2D eigenvalue weighted by atomic mass is 79.9. The molecule has 0 aromatic heterocycles. The molecule has 34 nitrogen and oxygen atoms in total. The van der Waals surface area contributed by atoms with Gasteiger partial charge in [0, 0.05) is 127 Å². The molecule has 0 aliphatic carbocycles. The van der Waals surface area contributed by atoms with Gasteiger partial charge in [-0.25, -0.2) is 67.5 Å². The summed E-state index contributed by atoms with van der Waals surface area (Å²) in [6.45, 7) is 28.2. The van der Waals surface area contributed by atoms with Crippen molar-refractivity contribution < 1.29 is 83.3 Å². The van der Waals surface area contributed by atoms with Gasteiger partial charge in [-0.3, -0.25) is 57.6 Å². The number of nitro benzene ring substituents is 3. The lowest BCUT2D eigenvalue weighted by molar-refractivity contribution is -0.385. The lowest BCUT2D eigenvalue weighted by atomic mass is 9.97. The molecule has 2 fully saturated rings. The summed E-state index contributed by atoms with van der Waals surface area (Å²) in [5, 5.41) is 35.1. The van der Waals surface area contributed by atoms with Crippen LogP contribution in [0.25, 0.3) is 0 Å². The van der Waals surface area contributed by atoms with Gasteiger partial charge in [-0.1, -0.05) is 162 Å². The van der Waals surface area contributed by atoms with Crippen molar-refractivity contribution in [1.29, 1.82) is 0 Å². The summed E-state index contributed by atoms with van der Waals surface area (Å²) in [7, 11) is -20.1. The maximum atomic E-state index is 13.5. The Morgan fingerprint density at radius 2 is 0.683 bits per heavy atom. The Morgan fingerprint density at radius 1 is 0.403 bits per heavy atom. The molecule has 0 spiro atoms. The Bertz CT molecular complexity index is 6610. The first kappa shape index (κ1) is 118. The van der Waals surface area contributed by atoms with Crippen molar-refractivity contribution in [3.63, 3.8) is 0 Å². The van der Waals surface area contributed by atoms with E-state index in [1.807, 2.05) is 148 Å². The van der Waals surface area contributed by atoms with Crippen LogP contribution in [0.1, 0.15) is 109 Å². The number of para-hydroxylation sites is 5. The lowest BCUT2D eigenvalue weighted by Gasteiger charge is -2.29. The van der Waals surface area contributed by atoms with E-state index in [1.54, 1.807) is 85.8 Å². The number of alkyl halides is 1. The van der Waals surface area contributed by atoms with Gasteiger partial charge in [-0.15, -0.1) is 0 Å². The van der Waals surface area contributed by atoms with Crippen molar-refractivity contribution >= 4 is 175 Å². The Kier molecular flexibility index (Phi) is 46.1. The number of nitrogens with two attached hydrogens (primary N) is 2. The minimum absolute atomic E-state index is 0.0219. The molecule has 756 valence electrons. The van der Waals surface area contributed by atoms with Crippen molar-refractivity contribution in [2.75, 3.05) is 98.1 Å². The number of halogens is 3. The fraction of sp³-hybridized carbons (Fsp3) is 0.347. The van der Waals surface area contributed by atoms with Crippen LogP contribution in [-0.4, -0.2) is 157 Å². The maximum Gasteiger partial charge on any atom is 0.269 e. The largest absolute Gasteiger partial charge is 0.399 e. The van der Waals surface area contributed by atoms with Gasteiger partial charge < -0.3 is 16.8 Å². The highest BCUT2D eigenvalue weighted by Gasteiger charge is 2.34.